The molecule has 0 spiro atoms. The summed E-state index contributed by atoms with van der Waals surface area (Å²) < 4.78 is 5.19. The van der Waals surface area contributed by atoms with Gasteiger partial charge in [0.15, 0.2) is 0 Å². The summed E-state index contributed by atoms with van der Waals surface area (Å²) in [5.74, 6) is 0.867. The van der Waals surface area contributed by atoms with Crippen molar-refractivity contribution in [3.05, 3.63) is 59.2 Å². The van der Waals surface area contributed by atoms with Crippen molar-refractivity contribution in [2.45, 2.75) is 19.9 Å². The number of rotatable bonds is 5. The molecule has 2 N–H and O–H groups in total. The van der Waals surface area contributed by atoms with E-state index < -0.39 is 0 Å². The normalized spacial score (nSPS) is 12.0. The number of nitrogens with zero attached hydrogens (tertiary/aromatic N) is 1. The van der Waals surface area contributed by atoms with Crippen LogP contribution in [0.25, 0.3) is 0 Å². The number of benzene rings is 2. The Labute approximate surface area is 127 Å². The lowest BCUT2D eigenvalue weighted by Crippen LogP contribution is -2.29. The van der Waals surface area contributed by atoms with Gasteiger partial charge in [-0.2, -0.15) is 0 Å². The second kappa shape index (κ2) is 6.64. The first-order valence-electron chi connectivity index (χ1n) is 7.19. The Hall–Kier alpha value is -2.00. The van der Waals surface area contributed by atoms with Crippen molar-refractivity contribution in [1.29, 1.82) is 0 Å². The van der Waals surface area contributed by atoms with Gasteiger partial charge in [0, 0.05) is 25.3 Å². The molecule has 3 heteroatoms. The van der Waals surface area contributed by atoms with E-state index in [0.29, 0.717) is 0 Å². The molecule has 0 aliphatic carbocycles. The van der Waals surface area contributed by atoms with E-state index in [0.717, 1.165) is 18.0 Å². The number of nitrogens with two attached hydrogens (primary N) is 1. The highest BCUT2D eigenvalue weighted by atomic mass is 16.5. The van der Waals surface area contributed by atoms with Crippen molar-refractivity contribution >= 4 is 5.69 Å². The Bertz CT molecular complexity index is 593. The molecule has 2 aromatic carbocycles. The van der Waals surface area contributed by atoms with Crippen molar-refractivity contribution in [1.82, 2.24) is 0 Å². The molecule has 0 fully saturated rings. The number of hydrogen-bond acceptors (Lipinski definition) is 3. The van der Waals surface area contributed by atoms with Gasteiger partial charge in [0.1, 0.15) is 5.75 Å². The van der Waals surface area contributed by atoms with Gasteiger partial charge in [0.2, 0.25) is 0 Å². The predicted molar refractivity (Wildman–Crippen MR) is 89.1 cm³/mol. The lowest BCUT2D eigenvalue weighted by molar-refractivity contribution is 0.415. The zero-order valence-electron chi connectivity index (χ0n) is 13.3. The van der Waals surface area contributed by atoms with Crippen LogP contribution in [0.3, 0.4) is 0 Å². The van der Waals surface area contributed by atoms with E-state index in [4.69, 9.17) is 10.5 Å². The van der Waals surface area contributed by atoms with Crippen molar-refractivity contribution in [3.8, 4) is 5.75 Å². The van der Waals surface area contributed by atoms with E-state index in [-0.39, 0.29) is 6.04 Å². The average molecular weight is 284 g/mol. The van der Waals surface area contributed by atoms with Gasteiger partial charge in [-0.3, -0.25) is 0 Å². The summed E-state index contributed by atoms with van der Waals surface area (Å²) in [6, 6.07) is 14.5. The number of likely N-dealkylation sites (N-methyl/N-ethyl adjacent to an activating group) is 1. The predicted octanol–water partition coefficient (Wildman–Crippen LogP) is 3.45. The second-order valence-electron chi connectivity index (χ2n) is 5.55. The van der Waals surface area contributed by atoms with Gasteiger partial charge in [-0.15, -0.1) is 0 Å². The fourth-order valence-corrected chi connectivity index (χ4v) is 2.49. The first-order chi connectivity index (χ1) is 10.0. The maximum absolute atomic E-state index is 6.39. The Morgan fingerprint density at radius 1 is 1.10 bits per heavy atom. The summed E-state index contributed by atoms with van der Waals surface area (Å²) in [5, 5.41) is 0. The van der Waals surface area contributed by atoms with Gasteiger partial charge in [0.05, 0.1) is 7.11 Å². The van der Waals surface area contributed by atoms with Crippen LogP contribution in [0, 0.1) is 13.8 Å². The smallest absolute Gasteiger partial charge is 0.119 e. The van der Waals surface area contributed by atoms with Gasteiger partial charge in [-0.25, -0.2) is 0 Å². The van der Waals surface area contributed by atoms with E-state index in [9.17, 15) is 0 Å². The summed E-state index contributed by atoms with van der Waals surface area (Å²) in [6.45, 7) is 4.99. The van der Waals surface area contributed by atoms with Crippen LogP contribution in [0.1, 0.15) is 22.7 Å². The highest BCUT2D eigenvalue weighted by Gasteiger charge is 2.12. The maximum Gasteiger partial charge on any atom is 0.119 e. The van der Waals surface area contributed by atoms with Crippen molar-refractivity contribution in [2.24, 2.45) is 5.73 Å². The number of aryl methyl sites for hydroxylation is 2. The maximum atomic E-state index is 6.39. The zero-order chi connectivity index (χ0) is 15.4. The zero-order valence-corrected chi connectivity index (χ0v) is 13.3. The van der Waals surface area contributed by atoms with Gasteiger partial charge >= 0.3 is 0 Å². The number of methoxy groups -OCH3 is 1. The van der Waals surface area contributed by atoms with Gasteiger partial charge < -0.3 is 15.4 Å². The summed E-state index contributed by atoms with van der Waals surface area (Å²) in [4.78, 5) is 2.17. The molecule has 0 radical (unpaired) electrons. The van der Waals surface area contributed by atoms with E-state index in [1.165, 1.54) is 16.7 Å². The number of hydrogen-bond donors (Lipinski definition) is 1. The fraction of sp³-hybridized carbons (Fsp3) is 0.333. The molecule has 0 saturated carbocycles. The Kier molecular flexibility index (Phi) is 4.86. The summed E-state index contributed by atoms with van der Waals surface area (Å²) in [5.41, 5.74) is 11.2. The minimum atomic E-state index is -0.00278. The summed E-state index contributed by atoms with van der Waals surface area (Å²) >= 11 is 0. The molecule has 112 valence electrons. The minimum absolute atomic E-state index is 0.00278. The standard InChI is InChI=1S/C18H24N2O/c1-13-5-6-14(2)17(11-13)18(19)12-20(3)15-7-9-16(21-4)10-8-15/h5-11,18H,12,19H2,1-4H3. The third-order valence-electron chi connectivity index (χ3n) is 3.82. The van der Waals surface area contributed by atoms with Gasteiger partial charge in [-0.05, 0) is 49.2 Å². The van der Waals surface area contributed by atoms with Crippen molar-refractivity contribution in [3.63, 3.8) is 0 Å². The molecular formula is C18H24N2O. The van der Waals surface area contributed by atoms with E-state index in [2.05, 4.69) is 56.1 Å². The first-order valence-corrected chi connectivity index (χ1v) is 7.19. The largest absolute Gasteiger partial charge is 0.497 e. The van der Waals surface area contributed by atoms with E-state index in [1.54, 1.807) is 7.11 Å². The van der Waals surface area contributed by atoms with Crippen LogP contribution in [0.15, 0.2) is 42.5 Å². The molecule has 0 aliphatic rings. The summed E-state index contributed by atoms with van der Waals surface area (Å²) in [7, 11) is 3.74. The molecule has 0 bridgehead atoms. The minimum Gasteiger partial charge on any atom is -0.497 e. The fourth-order valence-electron chi connectivity index (χ4n) is 2.49. The topological polar surface area (TPSA) is 38.5 Å². The molecule has 3 nitrogen and oxygen atoms in total. The van der Waals surface area contributed by atoms with E-state index in [1.807, 2.05) is 12.1 Å². The van der Waals surface area contributed by atoms with Crippen LogP contribution in [-0.2, 0) is 0 Å². The molecule has 0 aromatic heterocycles. The number of anilines is 1. The third kappa shape index (κ3) is 3.76. The molecule has 1 atom stereocenters. The number of ether oxygens (including phenoxy) is 1. The molecular weight excluding hydrogens is 260 g/mol. The molecule has 0 amide bonds. The molecule has 0 heterocycles. The van der Waals surface area contributed by atoms with Crippen LogP contribution in [0.4, 0.5) is 5.69 Å². The van der Waals surface area contributed by atoms with Crippen LogP contribution in [-0.4, -0.2) is 20.7 Å². The van der Waals surface area contributed by atoms with Crippen LogP contribution in [0.2, 0.25) is 0 Å². The molecule has 2 rings (SSSR count). The van der Waals surface area contributed by atoms with E-state index >= 15 is 0 Å². The molecule has 2 aromatic rings. The van der Waals surface area contributed by atoms with Crippen LogP contribution >= 0.6 is 0 Å². The third-order valence-corrected chi connectivity index (χ3v) is 3.82. The van der Waals surface area contributed by atoms with Crippen LogP contribution in [0.5, 0.6) is 5.75 Å². The monoisotopic (exact) mass is 284 g/mol. The Balaban J connectivity index is 2.10. The molecule has 0 saturated heterocycles. The highest BCUT2D eigenvalue weighted by Crippen LogP contribution is 2.22. The molecule has 1 unspecified atom stereocenters. The van der Waals surface area contributed by atoms with Gasteiger partial charge in [0.25, 0.3) is 0 Å². The average Bonchev–Trinajstić information content (AvgIpc) is 2.49. The lowest BCUT2D eigenvalue weighted by atomic mass is 9.99. The van der Waals surface area contributed by atoms with Crippen LogP contribution < -0.4 is 15.4 Å². The van der Waals surface area contributed by atoms with Gasteiger partial charge in [-0.1, -0.05) is 23.8 Å². The SMILES string of the molecule is COc1ccc(N(C)CC(N)c2cc(C)ccc2C)cc1. The quantitative estimate of drug-likeness (QED) is 0.914. The Morgan fingerprint density at radius 2 is 1.76 bits per heavy atom. The first kappa shape index (κ1) is 15.4. The van der Waals surface area contributed by atoms with Crippen molar-refractivity contribution in [2.75, 3.05) is 25.6 Å². The summed E-state index contributed by atoms with van der Waals surface area (Å²) in [6.07, 6.45) is 0. The van der Waals surface area contributed by atoms with Crippen molar-refractivity contribution < 1.29 is 4.74 Å². The highest BCUT2D eigenvalue weighted by molar-refractivity contribution is 5.49. The second-order valence-corrected chi connectivity index (χ2v) is 5.55. The molecule has 21 heavy (non-hydrogen) atoms. The molecule has 0 aliphatic heterocycles. The Morgan fingerprint density at radius 3 is 2.38 bits per heavy atom. The lowest BCUT2D eigenvalue weighted by Gasteiger charge is -2.25.